The smallest absolute Gasteiger partial charge is 0.0755 e. The monoisotopic (exact) mass is 1850 g/mol. The summed E-state index contributed by atoms with van der Waals surface area (Å²) in [6.45, 7) is 0. The number of anilines is 6. The van der Waals surface area contributed by atoms with E-state index in [9.17, 15) is 0 Å². The Morgan fingerprint density at radius 3 is 1.05 bits per heavy atom. The Morgan fingerprint density at radius 2 is 0.459 bits per heavy atom. The van der Waals surface area contributed by atoms with Crippen LogP contribution in [0.1, 0.15) is 89.0 Å². The van der Waals surface area contributed by atoms with Crippen LogP contribution in [-0.4, -0.2) is 9.13 Å². The maximum absolute atomic E-state index is 2.61. The predicted octanol–water partition coefficient (Wildman–Crippen LogP) is 35.5. The first-order valence-electron chi connectivity index (χ1n) is 51.2. The van der Waals surface area contributed by atoms with Gasteiger partial charge in [0.2, 0.25) is 0 Å². The van der Waals surface area contributed by atoms with Crippen LogP contribution in [0.5, 0.6) is 0 Å². The molecule has 0 N–H and O–H groups in total. The van der Waals surface area contributed by atoms with Crippen LogP contribution in [0.2, 0.25) is 0 Å². The van der Waals surface area contributed by atoms with Gasteiger partial charge in [-0.3, -0.25) is 0 Å². The van der Waals surface area contributed by atoms with Gasteiger partial charge in [-0.25, -0.2) is 0 Å². The van der Waals surface area contributed by atoms with Gasteiger partial charge in [-0.05, 0) is 292 Å². The maximum atomic E-state index is 2.61. The number of rotatable bonds is 10. The molecule has 4 nitrogen and oxygen atoms in total. The van der Waals surface area contributed by atoms with Gasteiger partial charge in [0, 0.05) is 55.4 Å². The van der Waals surface area contributed by atoms with Crippen molar-refractivity contribution in [1.82, 2.24) is 9.13 Å². The number of nitrogens with zero attached hydrogens (tertiary/aromatic N) is 4. The van der Waals surface area contributed by atoms with Crippen LogP contribution in [0.3, 0.4) is 0 Å². The van der Waals surface area contributed by atoms with Gasteiger partial charge in [-0.2, -0.15) is 0 Å². The molecule has 33 rings (SSSR count). The standard InChI is InChI=1S/C142H86N4/c1-4-33-87(34-5-1)89-65-70-94(71-66-89)143(96-72-76-105-104-75-67-93(88-35-6-2-7-36-88)83-127(104)141(128(105)85-96)116-51-20-12-42-101(116)102-43-13-21-52-117(102)141)135-64-32-57-124-136(135)110-46-15-23-54-119(110)142(124)123-56-25-29-63-134(123)146-132-80-69-92(82-113(132)109-48-31-59-126(142)138(109)146)91-68-78-120-111(81-91)106-77-73-97(86-129(106)139(120)114-49-18-10-40-99(114)100-41-11-19-50-115(100)139)144(130-60-26-16-39-98(130)90-37-8-3-9-38-90)95-74-79-121-112(84-95)103-44-14-22-53-118(103)140(121)122-55-24-28-62-133(122)145-131-61-27-17-45-107(131)108-47-30-58-125(140)137(108)145/h1-86H. The molecule has 23 aromatic carbocycles. The van der Waals surface area contributed by atoms with Gasteiger partial charge in [0.25, 0.3) is 0 Å². The lowest BCUT2D eigenvalue weighted by Gasteiger charge is -2.39. The number of hydrogen-bond donors (Lipinski definition) is 0. The number of fused-ring (bicyclic) bond motifs is 44. The fourth-order valence-electron chi connectivity index (χ4n) is 29.0. The lowest BCUT2D eigenvalue weighted by atomic mass is 9.65. The first-order chi connectivity index (χ1) is 72.4. The average Bonchev–Trinajstić information content (AvgIpc) is 1.48. The Labute approximate surface area is 845 Å². The molecule has 4 heterocycles. The van der Waals surface area contributed by atoms with Gasteiger partial charge in [0.1, 0.15) is 0 Å². The first kappa shape index (κ1) is 80.0. The molecule has 0 saturated carbocycles. The van der Waals surface area contributed by atoms with E-state index in [0.29, 0.717) is 0 Å². The largest absolute Gasteiger partial charge is 0.310 e. The summed E-state index contributed by atoms with van der Waals surface area (Å²) in [7, 11) is 0. The van der Waals surface area contributed by atoms with Gasteiger partial charge in [-0.1, -0.05) is 419 Å². The molecule has 0 bridgehead atoms. The Kier molecular flexibility index (Phi) is 16.1. The van der Waals surface area contributed by atoms with Crippen molar-refractivity contribution < 1.29 is 0 Å². The second-order valence-electron chi connectivity index (χ2n) is 40.9. The third kappa shape index (κ3) is 10.1. The van der Waals surface area contributed by atoms with E-state index in [2.05, 4.69) is 541 Å². The molecular formula is C142H86N4. The van der Waals surface area contributed by atoms with Crippen LogP contribution in [0.25, 0.3) is 166 Å². The molecule has 0 fully saturated rings. The molecule has 2 atom stereocenters. The highest BCUT2D eigenvalue weighted by Gasteiger charge is 2.58. The van der Waals surface area contributed by atoms with E-state index in [4.69, 9.17) is 0 Å². The summed E-state index contributed by atoms with van der Waals surface area (Å²) >= 11 is 0. The molecule has 25 aromatic rings. The SMILES string of the molecule is c1ccc(-c2ccc(N(c3ccc4c(c3)C3(c5ccccc5-c5ccccc53)c3cc(-c5ccccc5)ccc3-4)c3cccc4c3-c3ccccc3C43c4ccccc4-n4c5ccc(-c6ccc7c(c6)-c6ccc(N(c8ccc9c(c8)-c8ccccc8C98c9ccccc9-n9c%10ccccc%10c%10cccc8c%109)c8ccccc8-c8ccccc8)cc6C76c7ccccc7-c7ccccc76)cc5c5cccc3c54)cc2)cc1. The number of para-hydroxylation sites is 6. The Bertz CT molecular complexity index is 9960. The van der Waals surface area contributed by atoms with Crippen molar-refractivity contribution in [2.75, 3.05) is 9.80 Å². The molecule has 0 radical (unpaired) electrons. The lowest BCUT2D eigenvalue weighted by Crippen LogP contribution is -2.33. The fraction of sp³-hybridized carbons (Fsp3) is 0.0282. The lowest BCUT2D eigenvalue weighted by molar-refractivity contribution is 0.748. The number of benzene rings is 23. The van der Waals surface area contributed by atoms with Crippen molar-refractivity contribution in [3.05, 3.63) is 611 Å². The van der Waals surface area contributed by atoms with Crippen molar-refractivity contribution in [3.8, 4) is 123 Å². The van der Waals surface area contributed by atoms with Gasteiger partial charge in [-0.15, -0.1) is 0 Å². The van der Waals surface area contributed by atoms with Crippen LogP contribution < -0.4 is 9.80 Å². The van der Waals surface area contributed by atoms with Gasteiger partial charge in [0.15, 0.2) is 0 Å². The highest BCUT2D eigenvalue weighted by Crippen LogP contribution is 2.70. The Balaban J connectivity index is 0.556. The second kappa shape index (κ2) is 29.5. The maximum Gasteiger partial charge on any atom is 0.0755 e. The fourth-order valence-corrected chi connectivity index (χ4v) is 29.0. The molecule has 6 aliphatic carbocycles. The molecule has 2 aromatic heterocycles. The van der Waals surface area contributed by atoms with E-state index in [1.54, 1.807) is 0 Å². The second-order valence-corrected chi connectivity index (χ2v) is 40.9. The van der Waals surface area contributed by atoms with Crippen molar-refractivity contribution in [2.24, 2.45) is 0 Å². The third-order valence-electron chi connectivity index (χ3n) is 34.5. The van der Waals surface area contributed by atoms with Crippen LogP contribution in [0.15, 0.2) is 522 Å². The highest BCUT2D eigenvalue weighted by molar-refractivity contribution is 6.17. The zero-order valence-electron chi connectivity index (χ0n) is 79.4. The molecule has 674 valence electrons. The zero-order chi connectivity index (χ0) is 95.1. The van der Waals surface area contributed by atoms with Crippen molar-refractivity contribution in [1.29, 1.82) is 0 Å². The molecule has 8 aliphatic rings. The summed E-state index contributed by atoms with van der Waals surface area (Å²) in [5.41, 5.74) is 56.1. The summed E-state index contributed by atoms with van der Waals surface area (Å²) in [5.74, 6) is 0. The van der Waals surface area contributed by atoms with Crippen molar-refractivity contribution in [2.45, 2.75) is 21.7 Å². The van der Waals surface area contributed by atoms with E-state index in [1.807, 2.05) is 0 Å². The number of aromatic nitrogens is 2. The van der Waals surface area contributed by atoms with E-state index in [0.717, 1.165) is 56.4 Å². The zero-order valence-corrected chi connectivity index (χ0v) is 79.4. The summed E-state index contributed by atoms with van der Waals surface area (Å²) in [5, 5.41) is 4.97. The minimum Gasteiger partial charge on any atom is -0.310 e. The van der Waals surface area contributed by atoms with E-state index in [-0.39, 0.29) is 0 Å². The highest BCUT2D eigenvalue weighted by atomic mass is 15.2. The Morgan fingerprint density at radius 1 is 0.144 bits per heavy atom. The molecule has 4 heteroatoms. The molecule has 2 aliphatic heterocycles. The van der Waals surface area contributed by atoms with E-state index >= 15 is 0 Å². The van der Waals surface area contributed by atoms with Crippen LogP contribution in [-0.2, 0) is 21.7 Å². The summed E-state index contributed by atoms with van der Waals surface area (Å²) < 4.78 is 5.16. The molecule has 146 heavy (non-hydrogen) atoms. The summed E-state index contributed by atoms with van der Waals surface area (Å²) in [6, 6.07) is 200. The molecule has 4 spiro atoms. The average molecular weight is 1850 g/mol. The van der Waals surface area contributed by atoms with E-state index in [1.165, 1.54) is 233 Å². The molecule has 2 unspecified atom stereocenters. The predicted molar refractivity (Wildman–Crippen MR) is 601 cm³/mol. The minimum absolute atomic E-state index is 0.616. The summed E-state index contributed by atoms with van der Waals surface area (Å²) in [4.78, 5) is 5.17. The van der Waals surface area contributed by atoms with Crippen LogP contribution in [0, 0.1) is 0 Å². The molecular weight excluding hydrogens is 1760 g/mol. The van der Waals surface area contributed by atoms with Crippen LogP contribution >= 0.6 is 0 Å². The van der Waals surface area contributed by atoms with Crippen LogP contribution in [0.4, 0.5) is 34.1 Å². The minimum atomic E-state index is -0.756. The van der Waals surface area contributed by atoms with E-state index < -0.39 is 21.7 Å². The first-order valence-corrected chi connectivity index (χ1v) is 51.2. The van der Waals surface area contributed by atoms with Crippen molar-refractivity contribution in [3.63, 3.8) is 0 Å². The van der Waals surface area contributed by atoms with Gasteiger partial charge >= 0.3 is 0 Å². The normalized spacial score (nSPS) is 15.6. The third-order valence-corrected chi connectivity index (χ3v) is 34.5. The Hall–Kier alpha value is -18.7. The number of hydrogen-bond acceptors (Lipinski definition) is 2. The van der Waals surface area contributed by atoms with Gasteiger partial charge in [0.05, 0.1) is 66.5 Å². The molecule has 0 saturated heterocycles. The van der Waals surface area contributed by atoms with Gasteiger partial charge < -0.3 is 18.9 Å². The quantitative estimate of drug-likeness (QED) is 0.136. The molecule has 0 amide bonds. The van der Waals surface area contributed by atoms with Crippen molar-refractivity contribution >= 4 is 77.7 Å². The summed E-state index contributed by atoms with van der Waals surface area (Å²) in [6.07, 6.45) is 0. The topological polar surface area (TPSA) is 16.3 Å².